The fourth-order valence-electron chi connectivity index (χ4n) is 2.68. The Balaban J connectivity index is 0.00000261. The van der Waals surface area contributed by atoms with Gasteiger partial charge in [0.1, 0.15) is 0 Å². The molecule has 4 nitrogen and oxygen atoms in total. The van der Waals surface area contributed by atoms with Gasteiger partial charge in [-0.05, 0) is 30.7 Å². The second-order valence-electron chi connectivity index (χ2n) is 6.29. The number of allylic oxidation sites excluding steroid dienone is 3. The summed E-state index contributed by atoms with van der Waals surface area (Å²) < 4.78 is 0. The molecule has 1 aromatic carbocycles. The number of aryl methyl sites for hydroxylation is 1. The van der Waals surface area contributed by atoms with Crippen molar-refractivity contribution >= 4 is 22.9 Å². The van der Waals surface area contributed by atoms with Crippen molar-refractivity contribution in [1.29, 1.82) is 0 Å². The van der Waals surface area contributed by atoms with Crippen molar-refractivity contribution in [1.82, 2.24) is 9.88 Å². The van der Waals surface area contributed by atoms with E-state index in [-0.39, 0.29) is 7.33 Å². The lowest BCUT2D eigenvalue weighted by atomic mass is 10.1. The first kappa shape index (κ1) is 18.1. The maximum absolute atomic E-state index is 12.6. The molecule has 1 amide bonds. The van der Waals surface area contributed by atoms with Gasteiger partial charge in [-0.3, -0.25) is 4.79 Å². The lowest BCUT2D eigenvalue weighted by molar-refractivity contribution is -0.112. The molecule has 2 aromatic rings. The first-order valence-electron chi connectivity index (χ1n) is 8.67. The molecule has 0 atom stereocenters. The molecule has 1 aromatic heterocycles. The minimum atomic E-state index is -0.0978. The third-order valence-electron chi connectivity index (χ3n) is 4.20. The molecule has 0 bridgehead atoms. The fourth-order valence-corrected chi connectivity index (χ4v) is 3.43. The summed E-state index contributed by atoms with van der Waals surface area (Å²) in [7, 11) is 4.01. The quantitative estimate of drug-likeness (QED) is 0.818. The molecule has 136 valence electrons. The molecule has 26 heavy (non-hydrogen) atoms. The Bertz CT molecular complexity index is 896. The number of hydrogen-bond acceptors (Lipinski definition) is 4. The Hall–Kier alpha value is -2.66. The minimum absolute atomic E-state index is 0. The zero-order chi connectivity index (χ0) is 18.5. The van der Waals surface area contributed by atoms with Crippen LogP contribution >= 0.6 is 11.3 Å². The number of benzene rings is 1. The van der Waals surface area contributed by atoms with Crippen molar-refractivity contribution in [2.75, 3.05) is 19.4 Å². The first-order valence-corrected chi connectivity index (χ1v) is 9.55. The molecule has 5 heteroatoms. The maximum atomic E-state index is 12.6. The first-order chi connectivity index (χ1) is 12.6. The summed E-state index contributed by atoms with van der Waals surface area (Å²) in [5.74, 6) is -0.0978. The highest BCUT2D eigenvalue weighted by Gasteiger charge is 2.11. The van der Waals surface area contributed by atoms with Gasteiger partial charge in [0.25, 0.3) is 5.91 Å². The number of anilines is 1. The van der Waals surface area contributed by atoms with E-state index in [1.807, 2.05) is 62.7 Å². The molecule has 1 heterocycles. The number of rotatable bonds is 5. The van der Waals surface area contributed by atoms with Crippen molar-refractivity contribution in [3.8, 4) is 11.3 Å². The van der Waals surface area contributed by atoms with Gasteiger partial charge < -0.3 is 10.2 Å². The van der Waals surface area contributed by atoms with E-state index in [4.69, 9.17) is 0 Å². The Morgan fingerprint density at radius 1 is 1.38 bits per heavy atom. The average molecular weight is 368 g/mol. The van der Waals surface area contributed by atoms with Crippen molar-refractivity contribution in [3.63, 3.8) is 0 Å². The predicted molar refractivity (Wildman–Crippen MR) is 111 cm³/mol. The molecule has 0 spiro atoms. The van der Waals surface area contributed by atoms with E-state index >= 15 is 0 Å². The van der Waals surface area contributed by atoms with Gasteiger partial charge in [0.05, 0.1) is 10.7 Å². The second kappa shape index (κ2) is 8.15. The van der Waals surface area contributed by atoms with Crippen LogP contribution in [0.2, 0.25) is 0 Å². The third-order valence-corrected chi connectivity index (χ3v) is 5.20. The third kappa shape index (κ3) is 4.29. The van der Waals surface area contributed by atoms with Crippen LogP contribution in [-0.4, -0.2) is 29.9 Å². The van der Waals surface area contributed by atoms with E-state index in [2.05, 4.69) is 27.5 Å². The van der Waals surface area contributed by atoms with E-state index in [1.165, 1.54) is 5.70 Å². The molecule has 1 aliphatic rings. The summed E-state index contributed by atoms with van der Waals surface area (Å²) >= 11 is 1.67. The standard InChI is InChI=1S/C21H23N3OS.H2/c1-4-20-23-19(14-26-20)16-8-5-9-17(13-16)22-21(25)15-7-6-10-18(12-11-15)24(2)3;/h5-11,13-14H,4,12H2,1-3H3,(H,22,25);1H. The van der Waals surface area contributed by atoms with Gasteiger partial charge in [-0.15, -0.1) is 11.3 Å². The van der Waals surface area contributed by atoms with Gasteiger partial charge in [0, 0.05) is 49.8 Å². The van der Waals surface area contributed by atoms with Crippen LogP contribution in [0.1, 0.15) is 19.8 Å². The Kier molecular flexibility index (Phi) is 5.68. The lowest BCUT2D eigenvalue weighted by Gasteiger charge is -2.14. The Labute approximate surface area is 160 Å². The average Bonchev–Trinajstić information content (AvgIpc) is 2.98. The van der Waals surface area contributed by atoms with Gasteiger partial charge in [0.15, 0.2) is 0 Å². The predicted octanol–water partition coefficient (Wildman–Crippen LogP) is 4.89. The van der Waals surface area contributed by atoms with Crippen LogP contribution in [-0.2, 0) is 11.2 Å². The zero-order valence-corrected chi connectivity index (χ0v) is 16.1. The largest absolute Gasteiger partial charge is 0.381 e. The molecule has 0 aliphatic heterocycles. The molecule has 1 aliphatic carbocycles. The number of nitrogens with one attached hydrogen (secondary N) is 1. The smallest absolute Gasteiger partial charge is 0.255 e. The van der Waals surface area contributed by atoms with Gasteiger partial charge in [-0.2, -0.15) is 0 Å². The van der Waals surface area contributed by atoms with Crippen LogP contribution in [0.15, 0.2) is 65.2 Å². The van der Waals surface area contributed by atoms with E-state index in [1.54, 1.807) is 11.3 Å². The van der Waals surface area contributed by atoms with E-state index in [0.29, 0.717) is 5.57 Å². The van der Waals surface area contributed by atoms with Crippen molar-refractivity contribution < 1.29 is 6.22 Å². The van der Waals surface area contributed by atoms with Crippen LogP contribution in [0.3, 0.4) is 0 Å². The number of amides is 1. The van der Waals surface area contributed by atoms with Crippen molar-refractivity contribution in [2.45, 2.75) is 19.8 Å². The van der Waals surface area contributed by atoms with Gasteiger partial charge >= 0.3 is 0 Å². The number of carbonyl (C=O) groups is 1. The summed E-state index contributed by atoms with van der Waals surface area (Å²) in [4.78, 5) is 19.3. The van der Waals surface area contributed by atoms with Crippen LogP contribution in [0.4, 0.5) is 5.69 Å². The van der Waals surface area contributed by atoms with Gasteiger partial charge in [-0.1, -0.05) is 31.2 Å². The van der Waals surface area contributed by atoms with E-state index < -0.39 is 0 Å². The summed E-state index contributed by atoms with van der Waals surface area (Å²) in [6.07, 6.45) is 9.44. The van der Waals surface area contributed by atoms with Crippen LogP contribution in [0, 0.1) is 0 Å². The molecular weight excluding hydrogens is 342 g/mol. The normalized spacial score (nSPS) is 13.7. The summed E-state index contributed by atoms with van der Waals surface area (Å²) in [5.41, 5.74) is 4.58. The zero-order valence-electron chi connectivity index (χ0n) is 15.3. The molecule has 0 radical (unpaired) electrons. The lowest BCUT2D eigenvalue weighted by Crippen LogP contribution is -2.14. The molecule has 0 fully saturated rings. The molecular formula is C21H25N3OS. The van der Waals surface area contributed by atoms with E-state index in [0.717, 1.165) is 34.8 Å². The summed E-state index contributed by atoms with van der Waals surface area (Å²) in [6.45, 7) is 2.10. The highest BCUT2D eigenvalue weighted by atomic mass is 32.1. The molecule has 0 unspecified atom stereocenters. The van der Waals surface area contributed by atoms with Crippen LogP contribution in [0.5, 0.6) is 0 Å². The molecule has 3 rings (SSSR count). The highest BCUT2D eigenvalue weighted by molar-refractivity contribution is 7.09. The monoisotopic (exact) mass is 367 g/mol. The highest BCUT2D eigenvalue weighted by Crippen LogP contribution is 2.25. The number of thiazole rings is 1. The molecule has 1 N–H and O–H groups in total. The van der Waals surface area contributed by atoms with Crippen LogP contribution < -0.4 is 5.32 Å². The Morgan fingerprint density at radius 2 is 2.23 bits per heavy atom. The van der Waals surface area contributed by atoms with E-state index in [9.17, 15) is 4.79 Å². The topological polar surface area (TPSA) is 45.2 Å². The summed E-state index contributed by atoms with van der Waals surface area (Å²) in [6, 6.07) is 7.83. The number of nitrogens with zero attached hydrogens (tertiary/aromatic N) is 2. The number of hydrogen-bond donors (Lipinski definition) is 1. The van der Waals surface area contributed by atoms with Crippen molar-refractivity contribution in [2.24, 2.45) is 0 Å². The summed E-state index contributed by atoms with van der Waals surface area (Å²) in [5, 5.41) is 6.17. The maximum Gasteiger partial charge on any atom is 0.255 e. The molecule has 0 saturated carbocycles. The number of carbonyl (C=O) groups excluding carboxylic acids is 1. The molecule has 0 saturated heterocycles. The fraction of sp³-hybridized carbons (Fsp3) is 0.238. The Morgan fingerprint density at radius 3 is 2.96 bits per heavy atom. The van der Waals surface area contributed by atoms with Gasteiger partial charge in [0.2, 0.25) is 0 Å². The van der Waals surface area contributed by atoms with Crippen LogP contribution in [0.25, 0.3) is 11.3 Å². The number of aromatic nitrogens is 1. The SMILES string of the molecule is CCc1nc(-c2cccc(NC(=O)C3=CCC(N(C)C)=CC=C3)c2)cs1.[HH]. The van der Waals surface area contributed by atoms with Crippen molar-refractivity contribution in [3.05, 3.63) is 70.2 Å². The minimum Gasteiger partial charge on any atom is -0.381 e. The second-order valence-corrected chi connectivity index (χ2v) is 7.23. The van der Waals surface area contributed by atoms with Gasteiger partial charge in [-0.25, -0.2) is 4.98 Å².